The average molecular weight is 306 g/mol. The predicted molar refractivity (Wildman–Crippen MR) is 83.5 cm³/mol. The van der Waals surface area contributed by atoms with Crippen molar-refractivity contribution in [2.45, 2.75) is 0 Å². The summed E-state index contributed by atoms with van der Waals surface area (Å²) in [5.41, 5.74) is 1.38. The van der Waals surface area contributed by atoms with Crippen molar-refractivity contribution in [3.63, 3.8) is 0 Å². The van der Waals surface area contributed by atoms with E-state index in [-0.39, 0.29) is 5.57 Å². The Hall–Kier alpha value is -3.64. The van der Waals surface area contributed by atoms with Crippen LogP contribution in [0.25, 0.3) is 0 Å². The van der Waals surface area contributed by atoms with Gasteiger partial charge < -0.3 is 10.6 Å². The van der Waals surface area contributed by atoms with E-state index in [1.807, 2.05) is 6.07 Å². The minimum atomic E-state index is -0.611. The zero-order valence-electron chi connectivity index (χ0n) is 11.9. The predicted octanol–water partition coefficient (Wildman–Crippen LogP) is 3.16. The highest BCUT2D eigenvalue weighted by atomic mass is 19.1. The van der Waals surface area contributed by atoms with E-state index in [1.165, 1.54) is 30.5 Å². The monoisotopic (exact) mass is 306 g/mol. The lowest BCUT2D eigenvalue weighted by Gasteiger charge is -2.05. The first-order valence-electron chi connectivity index (χ1n) is 6.56. The average Bonchev–Trinajstić information content (AvgIpc) is 2.58. The van der Waals surface area contributed by atoms with Crippen LogP contribution in [0.3, 0.4) is 0 Å². The summed E-state index contributed by atoms with van der Waals surface area (Å²) in [4.78, 5) is 12.0. The van der Waals surface area contributed by atoms with Crippen LogP contribution in [0.15, 0.2) is 60.3 Å². The largest absolute Gasteiger partial charge is 0.360 e. The van der Waals surface area contributed by atoms with E-state index in [1.54, 1.807) is 30.3 Å². The van der Waals surface area contributed by atoms with Crippen molar-refractivity contribution in [2.75, 3.05) is 10.6 Å². The van der Waals surface area contributed by atoms with Gasteiger partial charge in [-0.15, -0.1) is 0 Å². The van der Waals surface area contributed by atoms with Crippen LogP contribution in [0.5, 0.6) is 0 Å². The SMILES string of the molecule is N#C/C(=C/Nc1ccc(C#N)cc1)C(=O)Nc1ccc(F)cc1. The highest BCUT2D eigenvalue weighted by molar-refractivity contribution is 6.06. The Bertz CT molecular complexity index is 812. The highest BCUT2D eigenvalue weighted by Crippen LogP contribution is 2.11. The topological polar surface area (TPSA) is 88.7 Å². The van der Waals surface area contributed by atoms with Crippen molar-refractivity contribution in [1.82, 2.24) is 0 Å². The number of nitrogens with one attached hydrogen (secondary N) is 2. The fourth-order valence-corrected chi connectivity index (χ4v) is 1.68. The Morgan fingerprint density at radius 1 is 1.00 bits per heavy atom. The molecule has 0 aromatic heterocycles. The number of benzene rings is 2. The van der Waals surface area contributed by atoms with Crippen molar-refractivity contribution in [3.05, 3.63) is 71.7 Å². The second kappa shape index (κ2) is 7.39. The number of amides is 1. The maximum absolute atomic E-state index is 12.8. The Kier molecular flexibility index (Phi) is 5.06. The number of hydrogen-bond donors (Lipinski definition) is 2. The molecule has 0 atom stereocenters. The van der Waals surface area contributed by atoms with Crippen molar-refractivity contribution in [3.8, 4) is 12.1 Å². The first kappa shape index (κ1) is 15.7. The summed E-state index contributed by atoms with van der Waals surface area (Å²) in [6.45, 7) is 0. The molecule has 0 saturated heterocycles. The molecule has 0 unspecified atom stereocenters. The standard InChI is InChI=1S/C17H11FN4O/c18-14-3-7-16(8-4-14)22-17(23)13(10-20)11-21-15-5-1-12(9-19)2-6-15/h1-8,11,21H,(H,22,23)/b13-11-. The van der Waals surface area contributed by atoms with Crippen molar-refractivity contribution in [1.29, 1.82) is 10.5 Å². The molecule has 0 bridgehead atoms. The lowest BCUT2D eigenvalue weighted by molar-refractivity contribution is -0.112. The molecule has 0 radical (unpaired) electrons. The van der Waals surface area contributed by atoms with Crippen LogP contribution < -0.4 is 10.6 Å². The third kappa shape index (κ3) is 4.42. The molecule has 112 valence electrons. The van der Waals surface area contributed by atoms with E-state index >= 15 is 0 Å². The zero-order chi connectivity index (χ0) is 16.7. The summed E-state index contributed by atoms with van der Waals surface area (Å²) in [5, 5.41) is 23.1. The summed E-state index contributed by atoms with van der Waals surface area (Å²) in [5.74, 6) is -1.03. The molecule has 2 aromatic rings. The molecule has 0 heterocycles. The molecule has 1 amide bonds. The molecule has 0 spiro atoms. The van der Waals surface area contributed by atoms with Crippen molar-refractivity contribution < 1.29 is 9.18 Å². The van der Waals surface area contributed by atoms with Crippen LogP contribution in [0.1, 0.15) is 5.56 Å². The molecule has 2 N–H and O–H groups in total. The van der Waals surface area contributed by atoms with Gasteiger partial charge in [-0.2, -0.15) is 10.5 Å². The van der Waals surface area contributed by atoms with Crippen LogP contribution in [-0.4, -0.2) is 5.91 Å². The number of carbonyl (C=O) groups is 1. The molecule has 0 aliphatic carbocycles. The smallest absolute Gasteiger partial charge is 0.267 e. The number of anilines is 2. The number of nitriles is 2. The Labute approximate surface area is 132 Å². The molecule has 2 rings (SSSR count). The van der Waals surface area contributed by atoms with Gasteiger partial charge >= 0.3 is 0 Å². The molecule has 5 nitrogen and oxygen atoms in total. The van der Waals surface area contributed by atoms with Crippen LogP contribution >= 0.6 is 0 Å². The van der Waals surface area contributed by atoms with Crippen LogP contribution in [0.2, 0.25) is 0 Å². The van der Waals surface area contributed by atoms with Gasteiger partial charge in [0, 0.05) is 17.6 Å². The van der Waals surface area contributed by atoms with Gasteiger partial charge in [-0.05, 0) is 48.5 Å². The number of rotatable bonds is 4. The van der Waals surface area contributed by atoms with E-state index in [2.05, 4.69) is 10.6 Å². The van der Waals surface area contributed by atoms with Gasteiger partial charge in [0.1, 0.15) is 17.5 Å². The highest BCUT2D eigenvalue weighted by Gasteiger charge is 2.09. The quantitative estimate of drug-likeness (QED) is 0.671. The first-order valence-corrected chi connectivity index (χ1v) is 6.56. The molecule has 6 heteroatoms. The Balaban J connectivity index is 2.05. The third-order valence-corrected chi connectivity index (χ3v) is 2.86. The summed E-state index contributed by atoms with van der Waals surface area (Å²) >= 11 is 0. The zero-order valence-corrected chi connectivity index (χ0v) is 11.9. The molecular weight excluding hydrogens is 295 g/mol. The Morgan fingerprint density at radius 3 is 2.17 bits per heavy atom. The van der Waals surface area contributed by atoms with E-state index in [0.29, 0.717) is 16.9 Å². The maximum atomic E-state index is 12.8. The van der Waals surface area contributed by atoms with Gasteiger partial charge in [0.25, 0.3) is 5.91 Å². The number of halogens is 1. The van der Waals surface area contributed by atoms with E-state index in [4.69, 9.17) is 10.5 Å². The van der Waals surface area contributed by atoms with Crippen LogP contribution in [-0.2, 0) is 4.79 Å². The summed E-state index contributed by atoms with van der Waals surface area (Å²) < 4.78 is 12.8. The summed E-state index contributed by atoms with van der Waals surface area (Å²) in [6.07, 6.45) is 1.26. The molecule has 0 aliphatic heterocycles. The fourth-order valence-electron chi connectivity index (χ4n) is 1.68. The third-order valence-electron chi connectivity index (χ3n) is 2.86. The summed E-state index contributed by atoms with van der Waals surface area (Å²) in [6, 6.07) is 15.5. The lowest BCUT2D eigenvalue weighted by atomic mass is 10.2. The van der Waals surface area contributed by atoms with E-state index < -0.39 is 11.7 Å². The molecule has 2 aromatic carbocycles. The van der Waals surface area contributed by atoms with Gasteiger partial charge in [0.2, 0.25) is 0 Å². The second-order valence-corrected chi connectivity index (χ2v) is 4.46. The lowest BCUT2D eigenvalue weighted by Crippen LogP contribution is -2.14. The number of hydrogen-bond acceptors (Lipinski definition) is 4. The van der Waals surface area contributed by atoms with Crippen LogP contribution in [0.4, 0.5) is 15.8 Å². The van der Waals surface area contributed by atoms with Gasteiger partial charge in [-0.3, -0.25) is 4.79 Å². The van der Waals surface area contributed by atoms with Gasteiger partial charge in [-0.1, -0.05) is 0 Å². The fraction of sp³-hybridized carbons (Fsp3) is 0. The summed E-state index contributed by atoms with van der Waals surface area (Å²) in [7, 11) is 0. The molecule has 0 aliphatic rings. The minimum Gasteiger partial charge on any atom is -0.360 e. The first-order chi connectivity index (χ1) is 11.1. The van der Waals surface area contributed by atoms with Crippen molar-refractivity contribution in [2.24, 2.45) is 0 Å². The minimum absolute atomic E-state index is 0.140. The number of nitrogens with zero attached hydrogens (tertiary/aromatic N) is 2. The molecule has 0 fully saturated rings. The Morgan fingerprint density at radius 2 is 1.61 bits per heavy atom. The van der Waals surface area contributed by atoms with E-state index in [9.17, 15) is 9.18 Å². The normalized spacial score (nSPS) is 10.3. The van der Waals surface area contributed by atoms with Gasteiger partial charge in [0.15, 0.2) is 0 Å². The molecule has 23 heavy (non-hydrogen) atoms. The van der Waals surface area contributed by atoms with Crippen molar-refractivity contribution >= 4 is 17.3 Å². The van der Waals surface area contributed by atoms with E-state index in [0.717, 1.165) is 0 Å². The van der Waals surface area contributed by atoms with Crippen LogP contribution in [0, 0.1) is 28.5 Å². The molecule has 0 saturated carbocycles. The molecular formula is C17H11FN4O. The second-order valence-electron chi connectivity index (χ2n) is 4.46. The van der Waals surface area contributed by atoms with Gasteiger partial charge in [0.05, 0.1) is 11.6 Å². The van der Waals surface area contributed by atoms with Gasteiger partial charge in [-0.25, -0.2) is 4.39 Å². The number of carbonyl (C=O) groups excluding carboxylic acids is 1. The maximum Gasteiger partial charge on any atom is 0.267 e.